The number of carbonyl (C=O) groups is 1. The number of amides is 1. The summed E-state index contributed by atoms with van der Waals surface area (Å²) in [6, 6.07) is 0.118. The molecule has 2 unspecified atom stereocenters. The van der Waals surface area contributed by atoms with Crippen LogP contribution in [0.1, 0.15) is 26.2 Å². The first-order valence-corrected chi connectivity index (χ1v) is 7.48. The summed E-state index contributed by atoms with van der Waals surface area (Å²) in [6.07, 6.45) is 2.57. The van der Waals surface area contributed by atoms with Gasteiger partial charge in [0, 0.05) is 51.8 Å². The lowest BCUT2D eigenvalue weighted by Gasteiger charge is -2.35. The summed E-state index contributed by atoms with van der Waals surface area (Å²) in [5, 5.41) is 0. The molecule has 0 aromatic rings. The highest BCUT2D eigenvalue weighted by Crippen LogP contribution is 2.15. The molecule has 1 amide bonds. The molecule has 2 aliphatic rings. The maximum Gasteiger partial charge on any atom is 0.222 e. The van der Waals surface area contributed by atoms with Gasteiger partial charge in [0.2, 0.25) is 5.91 Å². The predicted molar refractivity (Wildman–Crippen MR) is 74.8 cm³/mol. The van der Waals surface area contributed by atoms with E-state index in [0.717, 1.165) is 52.4 Å². The van der Waals surface area contributed by atoms with Crippen LogP contribution in [-0.4, -0.2) is 67.7 Å². The number of rotatable bonds is 5. The topological polar surface area (TPSA) is 58.8 Å². The zero-order valence-corrected chi connectivity index (χ0v) is 12.0. The molecule has 19 heavy (non-hydrogen) atoms. The van der Waals surface area contributed by atoms with Crippen molar-refractivity contribution >= 4 is 5.91 Å². The Balaban J connectivity index is 1.65. The lowest BCUT2D eigenvalue weighted by molar-refractivity contribution is -0.133. The van der Waals surface area contributed by atoms with Crippen molar-refractivity contribution in [2.24, 2.45) is 11.7 Å². The lowest BCUT2D eigenvalue weighted by Crippen LogP contribution is -2.49. The van der Waals surface area contributed by atoms with Crippen molar-refractivity contribution in [3.05, 3.63) is 0 Å². The summed E-state index contributed by atoms with van der Waals surface area (Å²) in [5.74, 6) is 0.960. The van der Waals surface area contributed by atoms with Gasteiger partial charge in [-0.2, -0.15) is 0 Å². The van der Waals surface area contributed by atoms with Gasteiger partial charge >= 0.3 is 0 Å². The van der Waals surface area contributed by atoms with Gasteiger partial charge in [-0.25, -0.2) is 0 Å². The number of piperazine rings is 1. The molecule has 2 fully saturated rings. The molecule has 2 heterocycles. The molecule has 2 rings (SSSR count). The molecule has 0 radical (unpaired) electrons. The first-order valence-electron chi connectivity index (χ1n) is 7.48. The van der Waals surface area contributed by atoms with Gasteiger partial charge in [-0.3, -0.25) is 9.69 Å². The highest BCUT2D eigenvalue weighted by Gasteiger charge is 2.24. The van der Waals surface area contributed by atoms with Crippen LogP contribution in [0.2, 0.25) is 0 Å². The molecular formula is C14H27N3O2. The van der Waals surface area contributed by atoms with Gasteiger partial charge in [-0.05, 0) is 25.7 Å². The van der Waals surface area contributed by atoms with Crippen LogP contribution in [0, 0.1) is 5.92 Å². The van der Waals surface area contributed by atoms with Crippen molar-refractivity contribution in [3.63, 3.8) is 0 Å². The first kappa shape index (κ1) is 14.8. The van der Waals surface area contributed by atoms with Gasteiger partial charge in [-0.1, -0.05) is 0 Å². The molecule has 2 atom stereocenters. The van der Waals surface area contributed by atoms with Gasteiger partial charge in [0.1, 0.15) is 0 Å². The van der Waals surface area contributed by atoms with Crippen LogP contribution in [-0.2, 0) is 9.53 Å². The molecule has 0 spiro atoms. The second-order valence-electron chi connectivity index (χ2n) is 5.93. The third-order valence-corrected chi connectivity index (χ3v) is 4.08. The molecule has 5 nitrogen and oxygen atoms in total. The third-order valence-electron chi connectivity index (χ3n) is 4.08. The van der Waals surface area contributed by atoms with Gasteiger partial charge in [0.05, 0.1) is 6.61 Å². The maximum absolute atomic E-state index is 12.0. The summed E-state index contributed by atoms with van der Waals surface area (Å²) in [6.45, 7) is 8.64. The van der Waals surface area contributed by atoms with Gasteiger partial charge < -0.3 is 15.4 Å². The van der Waals surface area contributed by atoms with E-state index in [2.05, 4.69) is 4.90 Å². The average Bonchev–Trinajstić information content (AvgIpc) is 2.89. The summed E-state index contributed by atoms with van der Waals surface area (Å²) < 4.78 is 5.41. The third kappa shape index (κ3) is 4.75. The molecule has 0 aromatic heterocycles. The average molecular weight is 269 g/mol. The van der Waals surface area contributed by atoms with Crippen molar-refractivity contribution in [1.82, 2.24) is 9.80 Å². The summed E-state index contributed by atoms with van der Waals surface area (Å²) in [5.41, 5.74) is 5.69. The number of nitrogens with zero attached hydrogens (tertiary/aromatic N) is 2. The minimum absolute atomic E-state index is 0.118. The normalized spacial score (nSPS) is 26.6. The van der Waals surface area contributed by atoms with E-state index in [-0.39, 0.29) is 11.9 Å². The Morgan fingerprint density at radius 2 is 2.11 bits per heavy atom. The molecular weight excluding hydrogens is 242 g/mol. The lowest BCUT2D eigenvalue weighted by atomic mass is 10.1. The molecule has 0 aliphatic carbocycles. The number of nitrogens with two attached hydrogens (primary N) is 1. The van der Waals surface area contributed by atoms with Crippen LogP contribution in [0.15, 0.2) is 0 Å². The molecule has 0 bridgehead atoms. The van der Waals surface area contributed by atoms with Crippen LogP contribution < -0.4 is 5.73 Å². The largest absolute Gasteiger partial charge is 0.381 e. The summed E-state index contributed by atoms with van der Waals surface area (Å²) in [7, 11) is 0. The SMILES string of the molecule is CC(N)CCC(=O)N1CCN(CC2CCOC2)CC1. The van der Waals surface area contributed by atoms with Gasteiger partial charge in [0.25, 0.3) is 0 Å². The fourth-order valence-corrected chi connectivity index (χ4v) is 2.78. The monoisotopic (exact) mass is 269 g/mol. The van der Waals surface area contributed by atoms with Crippen LogP contribution >= 0.6 is 0 Å². The zero-order chi connectivity index (χ0) is 13.7. The second-order valence-corrected chi connectivity index (χ2v) is 5.93. The standard InChI is InChI=1S/C14H27N3O2/c1-12(15)2-3-14(18)17-7-5-16(6-8-17)10-13-4-9-19-11-13/h12-13H,2-11,15H2,1H3. The number of hydrogen-bond acceptors (Lipinski definition) is 4. The van der Waals surface area contributed by atoms with E-state index in [0.29, 0.717) is 12.3 Å². The molecule has 2 saturated heterocycles. The Morgan fingerprint density at radius 1 is 1.37 bits per heavy atom. The quantitative estimate of drug-likeness (QED) is 0.779. The maximum atomic E-state index is 12.0. The smallest absolute Gasteiger partial charge is 0.222 e. The highest BCUT2D eigenvalue weighted by atomic mass is 16.5. The van der Waals surface area contributed by atoms with Crippen molar-refractivity contribution in [2.45, 2.75) is 32.2 Å². The van der Waals surface area contributed by atoms with Gasteiger partial charge in [-0.15, -0.1) is 0 Å². The second kappa shape index (κ2) is 7.22. The fraction of sp³-hybridized carbons (Fsp3) is 0.929. The highest BCUT2D eigenvalue weighted by molar-refractivity contribution is 5.76. The summed E-state index contributed by atoms with van der Waals surface area (Å²) in [4.78, 5) is 16.4. The molecule has 5 heteroatoms. The van der Waals surface area contributed by atoms with Crippen LogP contribution in [0.4, 0.5) is 0 Å². The minimum Gasteiger partial charge on any atom is -0.381 e. The molecule has 0 aromatic carbocycles. The Kier molecular flexibility index (Phi) is 5.60. The Morgan fingerprint density at radius 3 is 2.68 bits per heavy atom. The molecule has 0 saturated carbocycles. The molecule has 2 N–H and O–H groups in total. The minimum atomic E-state index is 0.118. The van der Waals surface area contributed by atoms with Crippen LogP contribution in [0.3, 0.4) is 0 Å². The van der Waals surface area contributed by atoms with Crippen molar-refractivity contribution in [2.75, 3.05) is 45.9 Å². The van der Waals surface area contributed by atoms with E-state index >= 15 is 0 Å². The van der Waals surface area contributed by atoms with E-state index in [4.69, 9.17) is 10.5 Å². The first-order chi connectivity index (χ1) is 9.15. The van der Waals surface area contributed by atoms with Crippen LogP contribution in [0.25, 0.3) is 0 Å². The van der Waals surface area contributed by atoms with Crippen LogP contribution in [0.5, 0.6) is 0 Å². The molecule has 2 aliphatic heterocycles. The summed E-state index contributed by atoms with van der Waals surface area (Å²) >= 11 is 0. The van der Waals surface area contributed by atoms with Crippen molar-refractivity contribution in [3.8, 4) is 0 Å². The fourth-order valence-electron chi connectivity index (χ4n) is 2.78. The van der Waals surface area contributed by atoms with E-state index in [1.165, 1.54) is 6.42 Å². The van der Waals surface area contributed by atoms with E-state index in [1.807, 2.05) is 11.8 Å². The van der Waals surface area contributed by atoms with Gasteiger partial charge in [0.15, 0.2) is 0 Å². The van der Waals surface area contributed by atoms with E-state index < -0.39 is 0 Å². The van der Waals surface area contributed by atoms with Crippen molar-refractivity contribution in [1.29, 1.82) is 0 Å². The number of carbonyl (C=O) groups excluding carboxylic acids is 1. The number of hydrogen-bond donors (Lipinski definition) is 1. The van der Waals surface area contributed by atoms with E-state index in [9.17, 15) is 4.79 Å². The Bertz CT molecular complexity index is 282. The molecule has 110 valence electrons. The van der Waals surface area contributed by atoms with E-state index in [1.54, 1.807) is 0 Å². The number of ether oxygens (including phenoxy) is 1. The van der Waals surface area contributed by atoms with Crippen molar-refractivity contribution < 1.29 is 9.53 Å². The Hall–Kier alpha value is -0.650. The predicted octanol–water partition coefficient (Wildman–Crippen LogP) is 0.295. The zero-order valence-electron chi connectivity index (χ0n) is 12.0. The Labute approximate surface area is 116 Å².